The van der Waals surface area contributed by atoms with Gasteiger partial charge in [-0.05, 0) is 54.6 Å². The second-order valence-corrected chi connectivity index (χ2v) is 9.65. The maximum atomic E-state index is 6.52. The second-order valence-electron chi connectivity index (χ2n) is 9.65. The standard InChI is InChI=1S/C31H19BN4O/c1-4-12-25-21(9-1)22-10-2-5-13-26(22)34(25)20-17-18-28-24(19-20)33-31-23-11-3-6-14-27(23)35-29-15-7-8-16-30(29)37-32(35)36(28)31/h1-19H. The van der Waals surface area contributed by atoms with Gasteiger partial charge in [-0.2, -0.15) is 0 Å². The van der Waals surface area contributed by atoms with Gasteiger partial charge in [-0.3, -0.25) is 0 Å². The van der Waals surface area contributed by atoms with Crippen molar-refractivity contribution in [1.82, 2.24) is 14.0 Å². The molecule has 0 radical (unpaired) electrons. The molecule has 5 nitrogen and oxygen atoms in total. The molecule has 0 unspecified atom stereocenters. The van der Waals surface area contributed by atoms with E-state index in [1.165, 1.54) is 21.8 Å². The van der Waals surface area contributed by atoms with Crippen molar-refractivity contribution in [1.29, 1.82) is 0 Å². The van der Waals surface area contributed by atoms with Crippen LogP contribution in [0.3, 0.4) is 0 Å². The molecular formula is C31H19BN4O. The van der Waals surface area contributed by atoms with Gasteiger partial charge in [0.05, 0.1) is 27.8 Å². The fourth-order valence-corrected chi connectivity index (χ4v) is 6.17. The molecule has 0 aliphatic carbocycles. The fourth-order valence-electron chi connectivity index (χ4n) is 6.17. The molecule has 172 valence electrons. The monoisotopic (exact) mass is 474 g/mol. The van der Waals surface area contributed by atoms with Crippen molar-refractivity contribution >= 4 is 51.4 Å². The van der Waals surface area contributed by atoms with Gasteiger partial charge < -0.3 is 18.5 Å². The maximum Gasteiger partial charge on any atom is 0.629 e. The molecule has 5 aromatic carbocycles. The summed E-state index contributed by atoms with van der Waals surface area (Å²) in [6.07, 6.45) is 0. The van der Waals surface area contributed by atoms with Crippen molar-refractivity contribution < 1.29 is 4.65 Å². The number of anilines is 2. The van der Waals surface area contributed by atoms with Crippen LogP contribution in [0.5, 0.6) is 5.75 Å². The third-order valence-electron chi connectivity index (χ3n) is 7.71. The first-order valence-electron chi connectivity index (χ1n) is 12.5. The summed E-state index contributed by atoms with van der Waals surface area (Å²) in [5.41, 5.74) is 8.78. The minimum absolute atomic E-state index is 0.314. The van der Waals surface area contributed by atoms with Gasteiger partial charge in [0.2, 0.25) is 0 Å². The average molecular weight is 474 g/mol. The number of rotatable bonds is 1. The maximum absolute atomic E-state index is 6.52. The van der Waals surface area contributed by atoms with Crippen LogP contribution in [0.2, 0.25) is 0 Å². The van der Waals surface area contributed by atoms with Gasteiger partial charge in [-0.15, -0.1) is 0 Å². The van der Waals surface area contributed by atoms with E-state index < -0.39 is 0 Å². The highest BCUT2D eigenvalue weighted by Crippen LogP contribution is 2.48. The highest BCUT2D eigenvalue weighted by Gasteiger charge is 2.47. The van der Waals surface area contributed by atoms with Crippen LogP contribution in [0.15, 0.2) is 115 Å². The summed E-state index contributed by atoms with van der Waals surface area (Å²) in [5.74, 6) is 1.82. The predicted molar refractivity (Wildman–Crippen MR) is 150 cm³/mol. The Morgan fingerprint density at radius 1 is 0.622 bits per heavy atom. The molecule has 2 aliphatic heterocycles. The first-order chi connectivity index (χ1) is 18.4. The van der Waals surface area contributed by atoms with Crippen LogP contribution in [0, 0.1) is 0 Å². The van der Waals surface area contributed by atoms with Gasteiger partial charge >= 0.3 is 7.19 Å². The van der Waals surface area contributed by atoms with Crippen LogP contribution < -0.4 is 9.47 Å². The third-order valence-corrected chi connectivity index (χ3v) is 7.71. The lowest BCUT2D eigenvalue weighted by Crippen LogP contribution is -2.46. The highest BCUT2D eigenvalue weighted by molar-refractivity contribution is 6.62. The Hall–Kier alpha value is -4.97. The predicted octanol–water partition coefficient (Wildman–Crippen LogP) is 7.18. The zero-order chi connectivity index (χ0) is 24.1. The summed E-state index contributed by atoms with van der Waals surface area (Å²) >= 11 is 0. The lowest BCUT2D eigenvalue weighted by molar-refractivity contribution is 0.578. The Morgan fingerprint density at radius 2 is 1.30 bits per heavy atom. The Labute approximate surface area is 212 Å². The summed E-state index contributed by atoms with van der Waals surface area (Å²) in [6.45, 7) is 0. The van der Waals surface area contributed by atoms with Gasteiger partial charge in [-0.1, -0.05) is 60.7 Å². The van der Waals surface area contributed by atoms with E-state index >= 15 is 0 Å². The van der Waals surface area contributed by atoms with Crippen molar-refractivity contribution in [2.24, 2.45) is 0 Å². The van der Waals surface area contributed by atoms with E-state index in [-0.39, 0.29) is 7.19 Å². The number of hydrogen-bond acceptors (Lipinski definition) is 3. The molecule has 4 heterocycles. The first kappa shape index (κ1) is 19.3. The molecule has 0 N–H and O–H groups in total. The van der Waals surface area contributed by atoms with E-state index in [1.54, 1.807) is 0 Å². The Morgan fingerprint density at radius 3 is 2.11 bits per heavy atom. The molecular weight excluding hydrogens is 455 g/mol. The van der Waals surface area contributed by atoms with Crippen LogP contribution in [0.25, 0.3) is 49.9 Å². The summed E-state index contributed by atoms with van der Waals surface area (Å²) < 4.78 is 11.1. The number of para-hydroxylation sites is 5. The molecule has 0 amide bonds. The van der Waals surface area contributed by atoms with Crippen LogP contribution >= 0.6 is 0 Å². The topological polar surface area (TPSA) is 35.2 Å². The molecule has 0 bridgehead atoms. The lowest BCUT2D eigenvalue weighted by Gasteiger charge is -2.30. The van der Waals surface area contributed by atoms with Crippen molar-refractivity contribution in [2.45, 2.75) is 0 Å². The minimum Gasteiger partial charge on any atom is -0.521 e. The van der Waals surface area contributed by atoms with E-state index in [9.17, 15) is 0 Å². The summed E-state index contributed by atoms with van der Waals surface area (Å²) in [5, 5.41) is 2.51. The fraction of sp³-hybridized carbons (Fsp3) is 0. The molecule has 2 aromatic heterocycles. The van der Waals surface area contributed by atoms with Gasteiger partial charge in [0.15, 0.2) is 0 Å². The highest BCUT2D eigenvalue weighted by atomic mass is 16.5. The Bertz CT molecular complexity index is 2000. The van der Waals surface area contributed by atoms with Crippen LogP contribution in [-0.4, -0.2) is 21.2 Å². The molecule has 2 aliphatic rings. The van der Waals surface area contributed by atoms with E-state index in [4.69, 9.17) is 9.64 Å². The summed E-state index contributed by atoms with van der Waals surface area (Å²) in [7, 11) is -0.314. The normalized spacial score (nSPS) is 13.5. The smallest absolute Gasteiger partial charge is 0.521 e. The largest absolute Gasteiger partial charge is 0.629 e. The SMILES string of the molecule is c1ccc2c(c1)OB1N2c2ccccc2-c2nc3cc(-n4c5ccccc5c5ccccc54)ccc3n21. The molecule has 0 saturated heterocycles. The number of benzene rings is 5. The van der Waals surface area contributed by atoms with E-state index in [0.717, 1.165) is 45.2 Å². The zero-order valence-electron chi connectivity index (χ0n) is 19.7. The third kappa shape index (κ3) is 2.42. The molecule has 6 heteroatoms. The molecule has 0 saturated carbocycles. The molecule has 0 fully saturated rings. The molecule has 9 rings (SSSR count). The second kappa shape index (κ2) is 6.83. The lowest BCUT2D eigenvalue weighted by atomic mass is 9.89. The molecule has 7 aromatic rings. The number of fused-ring (bicyclic) bond motifs is 13. The van der Waals surface area contributed by atoms with E-state index in [2.05, 4.69) is 117 Å². The van der Waals surface area contributed by atoms with Crippen LogP contribution in [0.4, 0.5) is 11.4 Å². The summed E-state index contributed by atoms with van der Waals surface area (Å²) in [6, 6.07) is 40.5. The van der Waals surface area contributed by atoms with Gasteiger partial charge in [0, 0.05) is 27.7 Å². The van der Waals surface area contributed by atoms with Crippen LogP contribution in [0.1, 0.15) is 0 Å². The van der Waals surface area contributed by atoms with Gasteiger partial charge in [0.25, 0.3) is 0 Å². The van der Waals surface area contributed by atoms with Crippen molar-refractivity contribution in [2.75, 3.05) is 4.81 Å². The van der Waals surface area contributed by atoms with Gasteiger partial charge in [-0.25, -0.2) is 4.98 Å². The first-order valence-corrected chi connectivity index (χ1v) is 12.5. The quantitative estimate of drug-likeness (QED) is 0.237. The molecule has 0 spiro atoms. The molecule has 0 atom stereocenters. The molecule has 37 heavy (non-hydrogen) atoms. The van der Waals surface area contributed by atoms with Crippen molar-refractivity contribution in [3.05, 3.63) is 115 Å². The number of nitrogens with zero attached hydrogens (tertiary/aromatic N) is 4. The van der Waals surface area contributed by atoms with Crippen LogP contribution in [-0.2, 0) is 0 Å². The number of imidazole rings is 1. The van der Waals surface area contributed by atoms with E-state index in [0.29, 0.717) is 0 Å². The minimum atomic E-state index is -0.314. The van der Waals surface area contributed by atoms with Crippen molar-refractivity contribution in [3.63, 3.8) is 0 Å². The van der Waals surface area contributed by atoms with Crippen molar-refractivity contribution in [3.8, 4) is 22.8 Å². The zero-order valence-corrected chi connectivity index (χ0v) is 19.7. The number of aromatic nitrogens is 3. The number of hydrogen-bond donors (Lipinski definition) is 0. The van der Waals surface area contributed by atoms with Gasteiger partial charge in [0.1, 0.15) is 11.6 Å². The Kier molecular flexibility index (Phi) is 3.55. The van der Waals surface area contributed by atoms with E-state index in [1.807, 2.05) is 12.1 Å². The summed E-state index contributed by atoms with van der Waals surface area (Å²) in [4.78, 5) is 7.47. The Balaban J connectivity index is 1.31. The average Bonchev–Trinajstić information content (AvgIpc) is 3.62.